The maximum Gasteiger partial charge on any atom is 0.326 e. The Labute approximate surface area is 103 Å². The van der Waals surface area contributed by atoms with Crippen molar-refractivity contribution in [1.29, 1.82) is 0 Å². The van der Waals surface area contributed by atoms with Crippen LogP contribution in [0.15, 0.2) is 0 Å². The number of carboxylic acids is 1. The van der Waals surface area contributed by atoms with Gasteiger partial charge < -0.3 is 16.2 Å². The minimum atomic E-state index is -0.892. The smallest absolute Gasteiger partial charge is 0.326 e. The number of nitrogens with one attached hydrogen (secondary N) is 1. The summed E-state index contributed by atoms with van der Waals surface area (Å²) >= 11 is 4.63. The summed E-state index contributed by atoms with van der Waals surface area (Å²) in [6.45, 7) is 4.38. The largest absolute Gasteiger partial charge is 0.480 e. The van der Waals surface area contributed by atoms with Crippen molar-refractivity contribution in [3.8, 4) is 0 Å². The first-order chi connectivity index (χ1) is 7.43. The van der Waals surface area contributed by atoms with Crippen LogP contribution in [0.4, 0.5) is 0 Å². The molecule has 0 aliphatic heterocycles. The van der Waals surface area contributed by atoms with E-state index in [9.17, 15) is 4.79 Å². The highest BCUT2D eigenvalue weighted by molar-refractivity contribution is 7.80. The molecule has 94 valence electrons. The van der Waals surface area contributed by atoms with Gasteiger partial charge in [0, 0.05) is 0 Å². The SMILES string of the molecule is CC(C)CCCCCC(NC(N)=S)C(=O)O. The molecule has 4 nitrogen and oxygen atoms in total. The number of aliphatic carboxylic acids is 1. The molecular weight excluding hydrogens is 224 g/mol. The zero-order valence-corrected chi connectivity index (χ0v) is 10.8. The van der Waals surface area contributed by atoms with Gasteiger partial charge in [0.15, 0.2) is 5.11 Å². The standard InChI is InChI=1S/C11H22N2O2S/c1-8(2)6-4-3-5-7-9(10(14)15)13-11(12)16/h8-9H,3-7H2,1-2H3,(H,14,15)(H3,12,13,16). The maximum atomic E-state index is 10.8. The second kappa shape index (κ2) is 8.33. The summed E-state index contributed by atoms with van der Waals surface area (Å²) in [5.41, 5.74) is 5.26. The molecule has 0 spiro atoms. The summed E-state index contributed by atoms with van der Waals surface area (Å²) in [6, 6.07) is -0.642. The fraction of sp³-hybridized carbons (Fsp3) is 0.818. The number of nitrogens with two attached hydrogens (primary N) is 1. The third-order valence-corrected chi connectivity index (χ3v) is 2.51. The van der Waals surface area contributed by atoms with Gasteiger partial charge in [-0.05, 0) is 24.6 Å². The van der Waals surface area contributed by atoms with E-state index in [1.807, 2.05) is 0 Å². The average molecular weight is 246 g/mol. The van der Waals surface area contributed by atoms with E-state index in [-0.39, 0.29) is 5.11 Å². The van der Waals surface area contributed by atoms with Crippen LogP contribution in [0, 0.1) is 5.92 Å². The molecule has 0 fully saturated rings. The third-order valence-electron chi connectivity index (χ3n) is 2.39. The van der Waals surface area contributed by atoms with Gasteiger partial charge in [-0.25, -0.2) is 4.79 Å². The molecule has 0 aliphatic carbocycles. The number of unbranched alkanes of at least 4 members (excludes halogenated alkanes) is 2. The highest BCUT2D eigenvalue weighted by Crippen LogP contribution is 2.10. The van der Waals surface area contributed by atoms with Crippen LogP contribution in [0.5, 0.6) is 0 Å². The molecule has 0 aromatic carbocycles. The minimum absolute atomic E-state index is 0.0505. The molecule has 0 saturated carbocycles. The van der Waals surface area contributed by atoms with Crippen molar-refractivity contribution in [3.63, 3.8) is 0 Å². The van der Waals surface area contributed by atoms with Gasteiger partial charge in [0.2, 0.25) is 0 Å². The lowest BCUT2D eigenvalue weighted by atomic mass is 10.0. The Morgan fingerprint density at radius 1 is 1.31 bits per heavy atom. The van der Waals surface area contributed by atoms with Gasteiger partial charge in [-0.3, -0.25) is 0 Å². The fourth-order valence-corrected chi connectivity index (χ4v) is 1.65. The van der Waals surface area contributed by atoms with Gasteiger partial charge in [-0.15, -0.1) is 0 Å². The summed E-state index contributed by atoms with van der Waals surface area (Å²) in [6.07, 6.45) is 4.86. The Kier molecular flexibility index (Phi) is 7.89. The van der Waals surface area contributed by atoms with Gasteiger partial charge in [-0.1, -0.05) is 39.5 Å². The molecule has 0 heterocycles. The van der Waals surface area contributed by atoms with E-state index in [0.29, 0.717) is 12.3 Å². The molecule has 0 rings (SSSR count). The summed E-state index contributed by atoms with van der Waals surface area (Å²) in [4.78, 5) is 10.8. The van der Waals surface area contributed by atoms with Crippen LogP contribution in [0.25, 0.3) is 0 Å². The highest BCUT2D eigenvalue weighted by atomic mass is 32.1. The van der Waals surface area contributed by atoms with Crippen molar-refractivity contribution in [2.24, 2.45) is 11.7 Å². The quantitative estimate of drug-likeness (QED) is 0.450. The molecule has 4 N–H and O–H groups in total. The molecule has 0 aliphatic rings. The van der Waals surface area contributed by atoms with Crippen LogP contribution >= 0.6 is 12.2 Å². The lowest BCUT2D eigenvalue weighted by Gasteiger charge is -2.14. The van der Waals surface area contributed by atoms with Crippen molar-refractivity contribution < 1.29 is 9.90 Å². The zero-order valence-electron chi connectivity index (χ0n) is 10.0. The van der Waals surface area contributed by atoms with E-state index < -0.39 is 12.0 Å². The Morgan fingerprint density at radius 2 is 1.88 bits per heavy atom. The van der Waals surface area contributed by atoms with Crippen LogP contribution in [-0.4, -0.2) is 22.2 Å². The molecule has 1 unspecified atom stereocenters. The number of hydrogen-bond donors (Lipinski definition) is 3. The van der Waals surface area contributed by atoms with Gasteiger partial charge in [0.25, 0.3) is 0 Å². The van der Waals surface area contributed by atoms with Crippen molar-refractivity contribution in [2.45, 2.75) is 52.0 Å². The summed E-state index contributed by atoms with van der Waals surface area (Å²) in [5, 5.41) is 11.5. The maximum absolute atomic E-state index is 10.8. The Balaban J connectivity index is 3.69. The molecule has 0 aromatic rings. The van der Waals surface area contributed by atoms with E-state index in [1.54, 1.807) is 0 Å². The summed E-state index contributed by atoms with van der Waals surface area (Å²) in [5.74, 6) is -0.179. The van der Waals surface area contributed by atoms with E-state index in [4.69, 9.17) is 10.8 Å². The molecule has 0 bridgehead atoms. The van der Waals surface area contributed by atoms with Crippen LogP contribution in [0.1, 0.15) is 46.0 Å². The second-order valence-electron chi connectivity index (χ2n) is 4.43. The molecule has 0 aromatic heterocycles. The third kappa shape index (κ3) is 8.47. The van der Waals surface area contributed by atoms with E-state index in [2.05, 4.69) is 31.4 Å². The topological polar surface area (TPSA) is 75.3 Å². The van der Waals surface area contributed by atoms with Crippen molar-refractivity contribution in [3.05, 3.63) is 0 Å². The normalized spacial score (nSPS) is 12.4. The molecule has 5 heteroatoms. The van der Waals surface area contributed by atoms with E-state index >= 15 is 0 Å². The number of carbonyl (C=O) groups is 1. The average Bonchev–Trinajstić information content (AvgIpc) is 2.14. The molecule has 1 atom stereocenters. The summed E-state index contributed by atoms with van der Waals surface area (Å²) in [7, 11) is 0. The second-order valence-corrected chi connectivity index (χ2v) is 4.87. The highest BCUT2D eigenvalue weighted by Gasteiger charge is 2.16. The molecule has 0 radical (unpaired) electrons. The van der Waals surface area contributed by atoms with Crippen LogP contribution < -0.4 is 11.1 Å². The van der Waals surface area contributed by atoms with Crippen molar-refractivity contribution in [1.82, 2.24) is 5.32 Å². The van der Waals surface area contributed by atoms with Gasteiger partial charge in [-0.2, -0.15) is 0 Å². The zero-order chi connectivity index (χ0) is 12.6. The minimum Gasteiger partial charge on any atom is -0.480 e. The Hall–Kier alpha value is -0.840. The first-order valence-electron chi connectivity index (χ1n) is 5.72. The summed E-state index contributed by atoms with van der Waals surface area (Å²) < 4.78 is 0. The predicted molar refractivity (Wildman–Crippen MR) is 69.3 cm³/mol. The van der Waals surface area contributed by atoms with Gasteiger partial charge in [0.05, 0.1) is 0 Å². The monoisotopic (exact) mass is 246 g/mol. The first kappa shape index (κ1) is 15.2. The lowest BCUT2D eigenvalue weighted by molar-refractivity contribution is -0.139. The van der Waals surface area contributed by atoms with Crippen LogP contribution in [-0.2, 0) is 4.79 Å². The number of carboxylic acid groups (broad SMARTS) is 1. The first-order valence-corrected chi connectivity index (χ1v) is 6.13. The predicted octanol–water partition coefficient (Wildman–Crippen LogP) is 1.88. The molecular formula is C11H22N2O2S. The van der Waals surface area contributed by atoms with Crippen molar-refractivity contribution >= 4 is 23.3 Å². The van der Waals surface area contributed by atoms with E-state index in [0.717, 1.165) is 19.3 Å². The lowest BCUT2D eigenvalue weighted by Crippen LogP contribution is -2.43. The van der Waals surface area contributed by atoms with Crippen molar-refractivity contribution in [2.75, 3.05) is 0 Å². The molecule has 0 amide bonds. The number of rotatable bonds is 8. The van der Waals surface area contributed by atoms with Crippen LogP contribution in [0.3, 0.4) is 0 Å². The molecule has 16 heavy (non-hydrogen) atoms. The fourth-order valence-electron chi connectivity index (χ4n) is 1.51. The number of thiocarbonyl (C=S) groups is 1. The van der Waals surface area contributed by atoms with E-state index in [1.165, 1.54) is 6.42 Å². The van der Waals surface area contributed by atoms with Gasteiger partial charge >= 0.3 is 5.97 Å². The Bertz CT molecular complexity index is 232. The number of hydrogen-bond acceptors (Lipinski definition) is 2. The van der Waals surface area contributed by atoms with Gasteiger partial charge in [0.1, 0.15) is 6.04 Å². The van der Waals surface area contributed by atoms with Crippen LogP contribution in [0.2, 0.25) is 0 Å². The molecule has 0 saturated heterocycles. The Morgan fingerprint density at radius 3 is 2.31 bits per heavy atom.